The molecule has 0 unspecified atom stereocenters. The van der Waals surface area contributed by atoms with Crippen molar-refractivity contribution >= 4 is 33.0 Å². The van der Waals surface area contributed by atoms with Crippen LogP contribution >= 0.6 is 11.6 Å². The standard InChI is InChI=1S/C12H11ClN2O2S/c13-9-6-7-12(11(14)8-9)18(16,17)15-10-4-2-1-3-5-10/h1-8,15H,14H2. The van der Waals surface area contributed by atoms with Crippen molar-refractivity contribution in [2.45, 2.75) is 4.90 Å². The van der Waals surface area contributed by atoms with Crippen molar-refractivity contribution < 1.29 is 8.42 Å². The summed E-state index contributed by atoms with van der Waals surface area (Å²) in [7, 11) is -3.69. The van der Waals surface area contributed by atoms with Crippen molar-refractivity contribution in [1.29, 1.82) is 0 Å². The minimum Gasteiger partial charge on any atom is -0.398 e. The molecule has 2 aromatic rings. The third-order valence-corrected chi connectivity index (χ3v) is 3.98. The largest absolute Gasteiger partial charge is 0.398 e. The van der Waals surface area contributed by atoms with E-state index in [4.69, 9.17) is 17.3 Å². The Morgan fingerprint density at radius 3 is 2.33 bits per heavy atom. The van der Waals surface area contributed by atoms with Crippen molar-refractivity contribution in [1.82, 2.24) is 0 Å². The van der Waals surface area contributed by atoms with Crippen LogP contribution in [-0.2, 0) is 10.0 Å². The lowest BCUT2D eigenvalue weighted by atomic mass is 10.3. The van der Waals surface area contributed by atoms with Crippen LogP contribution in [0.2, 0.25) is 5.02 Å². The molecule has 0 aromatic heterocycles. The number of anilines is 2. The lowest BCUT2D eigenvalue weighted by molar-refractivity contribution is 0.601. The highest BCUT2D eigenvalue weighted by Gasteiger charge is 2.17. The number of hydrogen-bond donors (Lipinski definition) is 2. The van der Waals surface area contributed by atoms with Gasteiger partial charge in [0.25, 0.3) is 10.0 Å². The maximum absolute atomic E-state index is 12.1. The first-order valence-electron chi connectivity index (χ1n) is 5.12. The van der Waals surface area contributed by atoms with Gasteiger partial charge in [0.15, 0.2) is 0 Å². The highest BCUT2D eigenvalue weighted by molar-refractivity contribution is 7.92. The number of para-hydroxylation sites is 1. The van der Waals surface area contributed by atoms with Crippen molar-refractivity contribution in [3.05, 3.63) is 53.6 Å². The number of hydrogen-bond acceptors (Lipinski definition) is 3. The van der Waals surface area contributed by atoms with Crippen LogP contribution in [0.15, 0.2) is 53.4 Å². The average molecular weight is 283 g/mol. The number of nitrogens with two attached hydrogens (primary N) is 1. The molecule has 94 valence electrons. The van der Waals surface area contributed by atoms with E-state index in [9.17, 15) is 8.42 Å². The van der Waals surface area contributed by atoms with E-state index < -0.39 is 10.0 Å². The Morgan fingerprint density at radius 2 is 1.72 bits per heavy atom. The van der Waals surface area contributed by atoms with E-state index in [1.807, 2.05) is 0 Å². The second kappa shape index (κ2) is 4.88. The fourth-order valence-corrected chi connectivity index (χ4v) is 2.83. The molecule has 3 N–H and O–H groups in total. The Kier molecular flexibility index (Phi) is 3.45. The van der Waals surface area contributed by atoms with E-state index in [1.165, 1.54) is 18.2 Å². The van der Waals surface area contributed by atoms with Gasteiger partial charge in [-0.3, -0.25) is 4.72 Å². The number of nitrogen functional groups attached to an aromatic ring is 1. The Bertz CT molecular complexity index is 657. The number of halogens is 1. The second-order valence-corrected chi connectivity index (χ2v) is 5.74. The molecule has 0 radical (unpaired) electrons. The molecular weight excluding hydrogens is 272 g/mol. The third kappa shape index (κ3) is 2.75. The van der Waals surface area contributed by atoms with E-state index in [1.54, 1.807) is 30.3 Å². The summed E-state index contributed by atoms with van der Waals surface area (Å²) >= 11 is 5.73. The van der Waals surface area contributed by atoms with E-state index in [0.717, 1.165) is 0 Å². The van der Waals surface area contributed by atoms with Gasteiger partial charge in [-0.1, -0.05) is 29.8 Å². The van der Waals surface area contributed by atoms with Crippen LogP contribution in [-0.4, -0.2) is 8.42 Å². The number of benzene rings is 2. The summed E-state index contributed by atoms with van der Waals surface area (Å²) in [6, 6.07) is 12.9. The maximum Gasteiger partial charge on any atom is 0.263 e. The van der Waals surface area contributed by atoms with Crippen LogP contribution in [0, 0.1) is 0 Å². The molecule has 0 bridgehead atoms. The van der Waals surface area contributed by atoms with Gasteiger partial charge in [0.05, 0.1) is 5.69 Å². The SMILES string of the molecule is Nc1cc(Cl)ccc1S(=O)(=O)Nc1ccccc1. The Hall–Kier alpha value is -1.72. The van der Waals surface area contributed by atoms with Crippen LogP contribution < -0.4 is 10.5 Å². The summed E-state index contributed by atoms with van der Waals surface area (Å²) in [5.74, 6) is 0. The van der Waals surface area contributed by atoms with Gasteiger partial charge in [-0.15, -0.1) is 0 Å². The molecule has 2 rings (SSSR count). The van der Waals surface area contributed by atoms with Crippen molar-refractivity contribution in [3.8, 4) is 0 Å². The number of sulfonamides is 1. The zero-order chi connectivity index (χ0) is 13.2. The first kappa shape index (κ1) is 12.7. The lowest BCUT2D eigenvalue weighted by Crippen LogP contribution is -2.14. The average Bonchev–Trinajstić information content (AvgIpc) is 2.29. The second-order valence-electron chi connectivity index (χ2n) is 3.65. The highest BCUT2D eigenvalue weighted by atomic mass is 35.5. The summed E-state index contributed by atoms with van der Waals surface area (Å²) in [6.45, 7) is 0. The quantitative estimate of drug-likeness (QED) is 0.850. The van der Waals surface area contributed by atoms with E-state index in [-0.39, 0.29) is 10.6 Å². The summed E-state index contributed by atoms with van der Waals surface area (Å²) in [6.07, 6.45) is 0. The Balaban J connectivity index is 2.37. The summed E-state index contributed by atoms with van der Waals surface area (Å²) < 4.78 is 26.6. The first-order valence-corrected chi connectivity index (χ1v) is 6.98. The smallest absolute Gasteiger partial charge is 0.263 e. The normalized spacial score (nSPS) is 11.2. The molecule has 0 amide bonds. The van der Waals surface area contributed by atoms with E-state index in [2.05, 4.69) is 4.72 Å². The third-order valence-electron chi connectivity index (χ3n) is 2.29. The zero-order valence-electron chi connectivity index (χ0n) is 9.30. The predicted octanol–water partition coefficient (Wildman–Crippen LogP) is 2.72. The van der Waals surface area contributed by atoms with Crippen molar-refractivity contribution in [3.63, 3.8) is 0 Å². The fraction of sp³-hybridized carbons (Fsp3) is 0. The number of rotatable bonds is 3. The van der Waals surface area contributed by atoms with Crippen LogP contribution in [0.1, 0.15) is 0 Å². The lowest BCUT2D eigenvalue weighted by Gasteiger charge is -2.10. The Labute approximate surface area is 110 Å². The number of nitrogens with one attached hydrogen (secondary N) is 1. The van der Waals surface area contributed by atoms with Crippen molar-refractivity contribution in [2.24, 2.45) is 0 Å². The molecule has 2 aromatic carbocycles. The maximum atomic E-state index is 12.1. The molecule has 0 fully saturated rings. The molecule has 0 saturated heterocycles. The Morgan fingerprint density at radius 1 is 1.06 bits per heavy atom. The molecule has 0 aliphatic carbocycles. The fourth-order valence-electron chi connectivity index (χ4n) is 1.48. The van der Waals surface area contributed by atoms with E-state index in [0.29, 0.717) is 10.7 Å². The molecule has 0 saturated carbocycles. The van der Waals surface area contributed by atoms with Gasteiger partial charge >= 0.3 is 0 Å². The van der Waals surface area contributed by atoms with Gasteiger partial charge < -0.3 is 5.73 Å². The van der Waals surface area contributed by atoms with Crippen LogP contribution in [0.5, 0.6) is 0 Å². The van der Waals surface area contributed by atoms with Crippen LogP contribution in [0.4, 0.5) is 11.4 Å². The van der Waals surface area contributed by atoms with Crippen LogP contribution in [0.3, 0.4) is 0 Å². The van der Waals surface area contributed by atoms with E-state index >= 15 is 0 Å². The molecule has 4 nitrogen and oxygen atoms in total. The summed E-state index contributed by atoms with van der Waals surface area (Å²) in [4.78, 5) is 0.00996. The predicted molar refractivity (Wildman–Crippen MR) is 73.1 cm³/mol. The minimum atomic E-state index is -3.69. The molecule has 6 heteroatoms. The summed E-state index contributed by atoms with van der Waals surface area (Å²) in [5.41, 5.74) is 6.25. The van der Waals surface area contributed by atoms with Gasteiger partial charge in [-0.25, -0.2) is 8.42 Å². The zero-order valence-corrected chi connectivity index (χ0v) is 10.9. The van der Waals surface area contributed by atoms with Crippen LogP contribution in [0.25, 0.3) is 0 Å². The van der Waals surface area contributed by atoms with Gasteiger partial charge in [0.2, 0.25) is 0 Å². The topological polar surface area (TPSA) is 72.2 Å². The minimum absolute atomic E-state index is 0.00996. The summed E-state index contributed by atoms with van der Waals surface area (Å²) in [5, 5.41) is 0.395. The molecular formula is C12H11ClN2O2S. The van der Waals surface area contributed by atoms with Gasteiger partial charge in [0, 0.05) is 10.7 Å². The molecule has 0 aliphatic heterocycles. The monoisotopic (exact) mass is 282 g/mol. The van der Waals surface area contributed by atoms with Gasteiger partial charge in [-0.05, 0) is 30.3 Å². The van der Waals surface area contributed by atoms with Gasteiger partial charge in [-0.2, -0.15) is 0 Å². The molecule has 0 heterocycles. The molecule has 0 spiro atoms. The molecule has 18 heavy (non-hydrogen) atoms. The molecule has 0 aliphatic rings. The highest BCUT2D eigenvalue weighted by Crippen LogP contribution is 2.24. The molecule has 0 atom stereocenters. The van der Waals surface area contributed by atoms with Gasteiger partial charge in [0.1, 0.15) is 4.90 Å². The first-order chi connectivity index (χ1) is 8.49. The van der Waals surface area contributed by atoms with Crippen molar-refractivity contribution in [2.75, 3.05) is 10.5 Å².